The molecule has 0 aliphatic heterocycles. The lowest BCUT2D eigenvalue weighted by Crippen LogP contribution is -1.84. The molecule has 5 nitrogen and oxygen atoms in total. The zero-order valence-electron chi connectivity index (χ0n) is 9.22. The van der Waals surface area contributed by atoms with Crippen molar-refractivity contribution in [2.24, 2.45) is 5.11 Å². The predicted molar refractivity (Wildman–Crippen MR) is 64.9 cm³/mol. The highest BCUT2D eigenvalue weighted by atomic mass is 15.2. The minimum absolute atomic E-state index is 0.447. The number of nitrogens with one attached hydrogen (secondary N) is 1. The topological polar surface area (TPSA) is 77.4 Å². The monoisotopic (exact) mass is 225 g/mol. The van der Waals surface area contributed by atoms with E-state index in [2.05, 4.69) is 38.4 Å². The Bertz CT molecular complexity index is 607. The highest BCUT2D eigenvalue weighted by molar-refractivity contribution is 5.63. The molecule has 5 heteroatoms. The molecule has 3 rings (SSSR count). The summed E-state index contributed by atoms with van der Waals surface area (Å²) >= 11 is 0. The molecule has 1 heterocycles. The van der Waals surface area contributed by atoms with Crippen LogP contribution in [0.15, 0.2) is 29.4 Å². The van der Waals surface area contributed by atoms with E-state index in [4.69, 9.17) is 5.53 Å². The number of rotatable bonds is 2. The van der Waals surface area contributed by atoms with Gasteiger partial charge in [0.2, 0.25) is 0 Å². The quantitative estimate of drug-likeness (QED) is 0.473. The van der Waals surface area contributed by atoms with E-state index < -0.39 is 0 Å². The van der Waals surface area contributed by atoms with Crippen LogP contribution in [0.5, 0.6) is 0 Å². The van der Waals surface area contributed by atoms with Gasteiger partial charge in [-0.2, -0.15) is 5.10 Å². The van der Waals surface area contributed by atoms with E-state index in [0.29, 0.717) is 5.82 Å². The molecule has 2 aromatic rings. The molecule has 1 aromatic carbocycles. The summed E-state index contributed by atoms with van der Waals surface area (Å²) in [4.78, 5) is 2.72. The third kappa shape index (κ3) is 1.77. The largest absolute Gasteiger partial charge is 0.275 e. The van der Waals surface area contributed by atoms with Crippen LogP contribution in [-0.2, 0) is 12.8 Å². The zero-order valence-corrected chi connectivity index (χ0v) is 9.22. The molecule has 17 heavy (non-hydrogen) atoms. The molecule has 0 fully saturated rings. The van der Waals surface area contributed by atoms with Crippen LogP contribution in [0.4, 0.5) is 5.82 Å². The lowest BCUT2D eigenvalue weighted by molar-refractivity contribution is 0.912. The summed E-state index contributed by atoms with van der Waals surface area (Å²) in [7, 11) is 0. The number of aromatic nitrogens is 2. The van der Waals surface area contributed by atoms with E-state index >= 15 is 0 Å². The van der Waals surface area contributed by atoms with Gasteiger partial charge in [0.05, 0.1) is 5.69 Å². The smallest absolute Gasteiger partial charge is 0.122 e. The molecule has 1 aliphatic carbocycles. The predicted octanol–water partition coefficient (Wildman–Crippen LogP) is 3.51. The first kappa shape index (κ1) is 9.93. The number of fused-ring (bicyclic) bond motifs is 1. The molecule has 84 valence electrons. The number of benzene rings is 1. The molecule has 0 atom stereocenters. The molecule has 0 bridgehead atoms. The molecule has 0 radical (unpaired) electrons. The Morgan fingerprint density at radius 3 is 3.00 bits per heavy atom. The summed E-state index contributed by atoms with van der Waals surface area (Å²) in [5.74, 6) is 0.447. The van der Waals surface area contributed by atoms with Crippen LogP contribution in [0.25, 0.3) is 21.7 Å². The number of hydrogen-bond donors (Lipinski definition) is 1. The van der Waals surface area contributed by atoms with Crippen molar-refractivity contribution in [1.29, 1.82) is 0 Å². The lowest BCUT2D eigenvalue weighted by Gasteiger charge is -2.01. The molecular formula is C12H11N5. The Hall–Kier alpha value is -2.26. The zero-order chi connectivity index (χ0) is 11.7. The highest BCUT2D eigenvalue weighted by Gasteiger charge is 2.12. The van der Waals surface area contributed by atoms with E-state index in [0.717, 1.165) is 17.7 Å². The van der Waals surface area contributed by atoms with E-state index in [-0.39, 0.29) is 0 Å². The summed E-state index contributed by atoms with van der Waals surface area (Å²) in [5, 5.41) is 10.3. The number of aromatic amines is 1. The van der Waals surface area contributed by atoms with Gasteiger partial charge in [0.15, 0.2) is 0 Å². The average Bonchev–Trinajstić information content (AvgIpc) is 2.96. The van der Waals surface area contributed by atoms with Crippen LogP contribution in [0.3, 0.4) is 0 Å². The second kappa shape index (κ2) is 3.96. The van der Waals surface area contributed by atoms with Crippen molar-refractivity contribution in [2.45, 2.75) is 19.3 Å². The fraction of sp³-hybridized carbons (Fsp3) is 0.250. The Balaban J connectivity index is 2.00. The summed E-state index contributed by atoms with van der Waals surface area (Å²) in [6.45, 7) is 0. The van der Waals surface area contributed by atoms with Crippen molar-refractivity contribution in [3.8, 4) is 11.3 Å². The molecule has 0 saturated heterocycles. The van der Waals surface area contributed by atoms with Gasteiger partial charge in [-0.1, -0.05) is 12.1 Å². The van der Waals surface area contributed by atoms with Crippen molar-refractivity contribution in [3.63, 3.8) is 0 Å². The van der Waals surface area contributed by atoms with E-state index in [1.165, 1.54) is 24.0 Å². The van der Waals surface area contributed by atoms with Gasteiger partial charge in [0.25, 0.3) is 0 Å². The Morgan fingerprint density at radius 2 is 2.12 bits per heavy atom. The first-order valence-corrected chi connectivity index (χ1v) is 5.59. The lowest BCUT2D eigenvalue weighted by atomic mass is 10.0. The number of azide groups is 1. The summed E-state index contributed by atoms with van der Waals surface area (Å²) < 4.78 is 0. The molecule has 1 aliphatic rings. The van der Waals surface area contributed by atoms with Gasteiger partial charge in [-0.3, -0.25) is 5.10 Å². The Morgan fingerprint density at radius 1 is 1.24 bits per heavy atom. The van der Waals surface area contributed by atoms with E-state index in [9.17, 15) is 0 Å². The summed E-state index contributed by atoms with van der Waals surface area (Å²) in [6, 6.07) is 8.18. The molecule has 0 saturated carbocycles. The Labute approximate surface area is 98.1 Å². The Kier molecular flexibility index (Phi) is 2.31. The molecule has 1 N–H and O–H groups in total. The van der Waals surface area contributed by atoms with Crippen LogP contribution in [-0.4, -0.2) is 10.2 Å². The normalized spacial score (nSPS) is 13.2. The van der Waals surface area contributed by atoms with Crippen LogP contribution < -0.4 is 0 Å². The maximum atomic E-state index is 8.34. The van der Waals surface area contributed by atoms with E-state index in [1.54, 1.807) is 6.07 Å². The minimum atomic E-state index is 0.447. The SMILES string of the molecule is [N-]=[N+]=Nc1cc(-c2ccc3c(c2)CCC3)n[nH]1. The second-order valence-corrected chi connectivity index (χ2v) is 4.16. The van der Waals surface area contributed by atoms with Gasteiger partial charge in [-0.05, 0) is 53.2 Å². The molecule has 0 unspecified atom stereocenters. The molecule has 0 amide bonds. The van der Waals surface area contributed by atoms with Gasteiger partial charge in [-0.25, -0.2) is 0 Å². The van der Waals surface area contributed by atoms with Gasteiger partial charge in [0.1, 0.15) is 5.82 Å². The fourth-order valence-electron chi connectivity index (χ4n) is 2.29. The summed E-state index contributed by atoms with van der Waals surface area (Å²) in [6.07, 6.45) is 3.57. The standard InChI is InChI=1S/C12H11N5/c13-17-16-12-7-11(14-15-12)10-5-4-8-2-1-3-9(8)6-10/h4-7H,1-3H2,(H,14,15). The van der Waals surface area contributed by atoms with Crippen molar-refractivity contribution >= 4 is 5.82 Å². The number of hydrogen-bond acceptors (Lipinski definition) is 2. The third-order valence-corrected chi connectivity index (χ3v) is 3.11. The van der Waals surface area contributed by atoms with Crippen molar-refractivity contribution < 1.29 is 0 Å². The van der Waals surface area contributed by atoms with Crippen LogP contribution in [0, 0.1) is 0 Å². The number of H-pyrrole nitrogens is 1. The average molecular weight is 225 g/mol. The molecular weight excluding hydrogens is 214 g/mol. The molecule has 1 aromatic heterocycles. The highest BCUT2D eigenvalue weighted by Crippen LogP contribution is 2.28. The minimum Gasteiger partial charge on any atom is -0.275 e. The van der Waals surface area contributed by atoms with Crippen LogP contribution in [0.2, 0.25) is 0 Å². The number of nitrogens with zero attached hydrogens (tertiary/aromatic N) is 4. The van der Waals surface area contributed by atoms with Crippen LogP contribution >= 0.6 is 0 Å². The maximum Gasteiger partial charge on any atom is 0.122 e. The van der Waals surface area contributed by atoms with Gasteiger partial charge in [-0.15, -0.1) is 0 Å². The maximum absolute atomic E-state index is 8.34. The van der Waals surface area contributed by atoms with Crippen molar-refractivity contribution in [3.05, 3.63) is 45.8 Å². The van der Waals surface area contributed by atoms with Gasteiger partial charge in [0, 0.05) is 10.5 Å². The number of aryl methyl sites for hydroxylation is 2. The van der Waals surface area contributed by atoms with Crippen LogP contribution in [0.1, 0.15) is 17.5 Å². The van der Waals surface area contributed by atoms with Gasteiger partial charge >= 0.3 is 0 Å². The second-order valence-electron chi connectivity index (χ2n) is 4.16. The first-order chi connectivity index (χ1) is 8.36. The van der Waals surface area contributed by atoms with Crippen molar-refractivity contribution in [2.75, 3.05) is 0 Å². The van der Waals surface area contributed by atoms with E-state index in [1.807, 2.05) is 0 Å². The van der Waals surface area contributed by atoms with Gasteiger partial charge < -0.3 is 0 Å². The fourth-order valence-corrected chi connectivity index (χ4v) is 2.29. The van der Waals surface area contributed by atoms with Crippen molar-refractivity contribution in [1.82, 2.24) is 10.2 Å². The summed E-state index contributed by atoms with van der Waals surface area (Å²) in [5.41, 5.74) is 13.1. The third-order valence-electron chi connectivity index (χ3n) is 3.11. The molecule has 0 spiro atoms. The first-order valence-electron chi connectivity index (χ1n) is 5.59.